The monoisotopic (exact) mass is 453 g/mol. The maximum absolute atomic E-state index is 12.7. The van der Waals surface area contributed by atoms with E-state index in [1.807, 2.05) is 11.0 Å². The number of thioether (sulfide) groups is 1. The summed E-state index contributed by atoms with van der Waals surface area (Å²) in [7, 11) is 3.17. The summed E-state index contributed by atoms with van der Waals surface area (Å²) in [6, 6.07) is 15.9. The largest absolute Gasteiger partial charge is 0.497 e. The first-order chi connectivity index (χ1) is 15.6. The first-order valence-electron chi connectivity index (χ1n) is 10.7. The fourth-order valence-corrected chi connectivity index (χ4v) is 4.53. The molecule has 3 aromatic rings. The molecular formula is C24H27N3O4S. The van der Waals surface area contributed by atoms with E-state index in [0.29, 0.717) is 34.1 Å². The van der Waals surface area contributed by atoms with Gasteiger partial charge in [0.25, 0.3) is 5.22 Å². The van der Waals surface area contributed by atoms with Crippen molar-refractivity contribution in [2.75, 3.05) is 33.1 Å². The third kappa shape index (κ3) is 5.62. The lowest BCUT2D eigenvalue weighted by molar-refractivity contribution is -0.129. The summed E-state index contributed by atoms with van der Waals surface area (Å²) >= 11 is 1.27. The van der Waals surface area contributed by atoms with Crippen molar-refractivity contribution in [2.45, 2.75) is 24.5 Å². The standard InChI is InChI=1S/C24H27N3O4S/c1-29-20-13-19(14-21(15-20)30-2)23-25-26-24(31-23)32-16-22(28)27-10-8-18(9-11-27)12-17-6-4-3-5-7-17/h3-7,13-15,18H,8-12,16H2,1-2H3. The second-order valence-corrected chi connectivity index (χ2v) is 8.70. The second-order valence-electron chi connectivity index (χ2n) is 7.78. The van der Waals surface area contributed by atoms with E-state index in [1.54, 1.807) is 32.4 Å². The predicted octanol–water partition coefficient (Wildman–Crippen LogP) is 4.33. The van der Waals surface area contributed by atoms with Gasteiger partial charge in [-0.1, -0.05) is 42.1 Å². The molecule has 0 unspecified atom stereocenters. The summed E-state index contributed by atoms with van der Waals surface area (Å²) in [5, 5.41) is 8.55. The predicted molar refractivity (Wildman–Crippen MR) is 123 cm³/mol. The van der Waals surface area contributed by atoms with Gasteiger partial charge in [0.05, 0.1) is 20.0 Å². The highest BCUT2D eigenvalue weighted by molar-refractivity contribution is 7.99. The third-order valence-corrected chi connectivity index (χ3v) is 6.46. The molecule has 1 aliphatic heterocycles. The molecule has 0 bridgehead atoms. The van der Waals surface area contributed by atoms with Gasteiger partial charge in [-0.3, -0.25) is 4.79 Å². The molecule has 0 radical (unpaired) electrons. The number of hydrogen-bond acceptors (Lipinski definition) is 7. The molecule has 7 nitrogen and oxygen atoms in total. The molecule has 2 aromatic carbocycles. The molecule has 168 valence electrons. The maximum Gasteiger partial charge on any atom is 0.277 e. The van der Waals surface area contributed by atoms with Crippen LogP contribution in [0.15, 0.2) is 58.2 Å². The average Bonchev–Trinajstić information content (AvgIpc) is 3.32. The zero-order valence-electron chi connectivity index (χ0n) is 18.3. The molecule has 1 fully saturated rings. The minimum atomic E-state index is 0.107. The molecule has 4 rings (SSSR count). The minimum absolute atomic E-state index is 0.107. The van der Waals surface area contributed by atoms with E-state index in [2.05, 4.69) is 34.5 Å². The number of carbonyl (C=O) groups excluding carboxylic acids is 1. The molecule has 2 heterocycles. The molecule has 0 atom stereocenters. The van der Waals surface area contributed by atoms with Crippen molar-refractivity contribution >= 4 is 17.7 Å². The Labute approximate surface area is 192 Å². The van der Waals surface area contributed by atoms with Gasteiger partial charge < -0.3 is 18.8 Å². The highest BCUT2D eigenvalue weighted by atomic mass is 32.2. The minimum Gasteiger partial charge on any atom is -0.497 e. The van der Waals surface area contributed by atoms with Gasteiger partial charge in [0.1, 0.15) is 11.5 Å². The zero-order valence-corrected chi connectivity index (χ0v) is 19.1. The number of aromatic nitrogens is 2. The fourth-order valence-electron chi connectivity index (χ4n) is 3.86. The maximum atomic E-state index is 12.7. The molecule has 1 aliphatic rings. The molecule has 0 saturated carbocycles. The lowest BCUT2D eigenvalue weighted by Crippen LogP contribution is -2.39. The second kappa shape index (κ2) is 10.5. The van der Waals surface area contributed by atoms with E-state index in [0.717, 1.165) is 32.4 Å². The van der Waals surface area contributed by atoms with Crippen LogP contribution in [0.1, 0.15) is 18.4 Å². The Morgan fingerprint density at radius 3 is 2.41 bits per heavy atom. The lowest BCUT2D eigenvalue weighted by atomic mass is 9.90. The van der Waals surface area contributed by atoms with Crippen LogP contribution < -0.4 is 9.47 Å². The highest BCUT2D eigenvalue weighted by Gasteiger charge is 2.23. The number of hydrogen-bond donors (Lipinski definition) is 0. The molecule has 8 heteroatoms. The molecule has 32 heavy (non-hydrogen) atoms. The first-order valence-corrected chi connectivity index (χ1v) is 11.6. The van der Waals surface area contributed by atoms with Gasteiger partial charge in [0.2, 0.25) is 11.8 Å². The summed E-state index contributed by atoms with van der Waals surface area (Å²) in [5.41, 5.74) is 2.07. The van der Waals surface area contributed by atoms with Gasteiger partial charge in [0.15, 0.2) is 0 Å². The van der Waals surface area contributed by atoms with Crippen LogP contribution in [-0.2, 0) is 11.2 Å². The van der Waals surface area contributed by atoms with Crippen molar-refractivity contribution in [3.8, 4) is 23.0 Å². The van der Waals surface area contributed by atoms with Gasteiger partial charge in [0, 0.05) is 24.7 Å². The normalized spacial score (nSPS) is 14.4. The molecule has 0 N–H and O–H groups in total. The molecule has 1 aromatic heterocycles. The van der Waals surface area contributed by atoms with Crippen molar-refractivity contribution in [3.63, 3.8) is 0 Å². The highest BCUT2D eigenvalue weighted by Crippen LogP contribution is 2.31. The topological polar surface area (TPSA) is 77.7 Å². The zero-order chi connectivity index (χ0) is 22.3. The average molecular weight is 454 g/mol. The van der Waals surface area contributed by atoms with Crippen LogP contribution in [-0.4, -0.2) is 54.1 Å². The Balaban J connectivity index is 1.28. The smallest absolute Gasteiger partial charge is 0.277 e. The summed E-state index contributed by atoms with van der Waals surface area (Å²) < 4.78 is 16.3. The summed E-state index contributed by atoms with van der Waals surface area (Å²) in [5.74, 6) is 2.66. The van der Waals surface area contributed by atoms with Crippen molar-refractivity contribution in [2.24, 2.45) is 5.92 Å². The van der Waals surface area contributed by atoms with Crippen LogP contribution in [0.3, 0.4) is 0 Å². The van der Waals surface area contributed by atoms with Crippen LogP contribution in [0.25, 0.3) is 11.5 Å². The quantitative estimate of drug-likeness (QED) is 0.470. The van der Waals surface area contributed by atoms with Crippen LogP contribution >= 0.6 is 11.8 Å². The first kappa shape index (κ1) is 22.2. The van der Waals surface area contributed by atoms with E-state index < -0.39 is 0 Å². The molecule has 0 spiro atoms. The summed E-state index contributed by atoms with van der Waals surface area (Å²) in [4.78, 5) is 14.6. The number of methoxy groups -OCH3 is 2. The van der Waals surface area contributed by atoms with Gasteiger partial charge in [-0.15, -0.1) is 10.2 Å². The summed E-state index contributed by atoms with van der Waals surface area (Å²) in [6.07, 6.45) is 3.15. The number of carbonyl (C=O) groups is 1. The number of ether oxygens (including phenoxy) is 2. The number of amides is 1. The lowest BCUT2D eigenvalue weighted by Gasteiger charge is -2.32. The van der Waals surface area contributed by atoms with Crippen molar-refractivity contribution < 1.29 is 18.7 Å². The van der Waals surface area contributed by atoms with E-state index in [-0.39, 0.29) is 11.7 Å². The Hall–Kier alpha value is -3.00. The van der Waals surface area contributed by atoms with Gasteiger partial charge >= 0.3 is 0 Å². The SMILES string of the molecule is COc1cc(OC)cc(-c2nnc(SCC(=O)N3CCC(Cc4ccccc4)CC3)o2)c1. The van der Waals surface area contributed by atoms with Crippen LogP contribution in [0.4, 0.5) is 0 Å². The summed E-state index contributed by atoms with van der Waals surface area (Å²) in [6.45, 7) is 1.60. The Morgan fingerprint density at radius 1 is 1.06 bits per heavy atom. The Morgan fingerprint density at radius 2 is 1.75 bits per heavy atom. The molecule has 1 amide bonds. The van der Waals surface area contributed by atoms with Crippen molar-refractivity contribution in [3.05, 3.63) is 54.1 Å². The molecule has 1 saturated heterocycles. The number of piperidine rings is 1. The Bertz CT molecular complexity index is 1010. The van der Waals surface area contributed by atoms with Crippen LogP contribution in [0.5, 0.6) is 11.5 Å². The van der Waals surface area contributed by atoms with Gasteiger partial charge in [-0.25, -0.2) is 0 Å². The van der Waals surface area contributed by atoms with Gasteiger partial charge in [-0.2, -0.15) is 0 Å². The van der Waals surface area contributed by atoms with Crippen molar-refractivity contribution in [1.29, 1.82) is 0 Å². The number of likely N-dealkylation sites (tertiary alicyclic amines) is 1. The molecule has 0 aliphatic carbocycles. The third-order valence-electron chi connectivity index (χ3n) is 5.66. The van der Waals surface area contributed by atoms with E-state index in [4.69, 9.17) is 13.9 Å². The van der Waals surface area contributed by atoms with Crippen LogP contribution in [0.2, 0.25) is 0 Å². The number of rotatable bonds is 8. The van der Waals surface area contributed by atoms with E-state index >= 15 is 0 Å². The van der Waals surface area contributed by atoms with Crippen LogP contribution in [0, 0.1) is 5.92 Å². The molecular weight excluding hydrogens is 426 g/mol. The van der Waals surface area contributed by atoms with Crippen molar-refractivity contribution in [1.82, 2.24) is 15.1 Å². The van der Waals surface area contributed by atoms with Gasteiger partial charge in [-0.05, 0) is 42.9 Å². The fraction of sp³-hybridized carbons (Fsp3) is 0.375. The number of nitrogens with zero attached hydrogens (tertiary/aromatic N) is 3. The van der Waals surface area contributed by atoms with E-state index in [9.17, 15) is 4.79 Å². The van der Waals surface area contributed by atoms with E-state index in [1.165, 1.54) is 17.3 Å². The Kier molecular flexibility index (Phi) is 7.32. The number of benzene rings is 2.